The molecule has 0 aliphatic carbocycles. The van der Waals surface area contributed by atoms with E-state index < -0.39 is 30.0 Å². The monoisotopic (exact) mass is 273 g/mol. The van der Waals surface area contributed by atoms with E-state index in [2.05, 4.69) is 0 Å². The largest absolute Gasteiger partial charge is 0.417 e. The van der Waals surface area contributed by atoms with Gasteiger partial charge >= 0.3 is 6.18 Å². The Morgan fingerprint density at radius 1 is 1.47 bits per heavy atom. The number of hydrogen-bond acceptors (Lipinski definition) is 2. The fourth-order valence-electron chi connectivity index (χ4n) is 1.75. The highest BCUT2D eigenvalue weighted by atomic mass is 35.5. The van der Waals surface area contributed by atoms with Gasteiger partial charge in [-0.05, 0) is 6.42 Å². The summed E-state index contributed by atoms with van der Waals surface area (Å²) in [4.78, 5) is 12.9. The third-order valence-corrected chi connectivity index (χ3v) is 3.55. The minimum Gasteiger partial charge on any atom is -0.380 e. The number of carbonyl (C=O) groups is 1. The lowest BCUT2D eigenvalue weighted by atomic mass is 9.90. The first kappa shape index (κ1) is 14.6. The quantitative estimate of drug-likeness (QED) is 0.781. The van der Waals surface area contributed by atoms with Gasteiger partial charge in [-0.15, -0.1) is 11.6 Å². The molecule has 0 aromatic carbocycles. The van der Waals surface area contributed by atoms with Crippen LogP contribution in [0, 0.1) is 0 Å². The zero-order valence-electron chi connectivity index (χ0n) is 9.43. The van der Waals surface area contributed by atoms with Crippen molar-refractivity contribution in [2.75, 3.05) is 13.1 Å². The van der Waals surface area contributed by atoms with Gasteiger partial charge in [-0.1, -0.05) is 6.92 Å². The number of piperidine rings is 1. The van der Waals surface area contributed by atoms with Crippen molar-refractivity contribution in [3.8, 4) is 0 Å². The molecule has 0 unspecified atom stereocenters. The highest BCUT2D eigenvalue weighted by Gasteiger charge is 2.55. The summed E-state index contributed by atoms with van der Waals surface area (Å²) in [6.07, 6.45) is -5.20. The number of nitrogens with zero attached hydrogens (tertiary/aromatic N) is 1. The van der Waals surface area contributed by atoms with Crippen LogP contribution in [0.3, 0.4) is 0 Å². The lowest BCUT2D eigenvalue weighted by Gasteiger charge is -2.39. The van der Waals surface area contributed by atoms with Gasteiger partial charge in [0.05, 0.1) is 0 Å². The van der Waals surface area contributed by atoms with Crippen molar-refractivity contribution < 1.29 is 23.1 Å². The first-order chi connectivity index (χ1) is 7.71. The lowest BCUT2D eigenvalue weighted by Crippen LogP contribution is -2.55. The Bertz CT molecular complexity index is 288. The summed E-state index contributed by atoms with van der Waals surface area (Å²) < 4.78 is 37.5. The first-order valence-electron chi connectivity index (χ1n) is 5.43. The molecule has 1 aliphatic rings. The molecule has 3 nitrogen and oxygen atoms in total. The predicted octanol–water partition coefficient (Wildman–Crippen LogP) is 1.92. The van der Waals surface area contributed by atoms with Gasteiger partial charge in [0.15, 0.2) is 5.60 Å². The Labute approximate surface area is 103 Å². The van der Waals surface area contributed by atoms with Crippen LogP contribution in [-0.4, -0.2) is 46.2 Å². The third-order valence-electron chi connectivity index (χ3n) is 3.06. The van der Waals surface area contributed by atoms with Crippen LogP contribution in [0.1, 0.15) is 26.2 Å². The van der Waals surface area contributed by atoms with E-state index >= 15 is 0 Å². The third kappa shape index (κ3) is 3.04. The summed E-state index contributed by atoms with van der Waals surface area (Å²) in [7, 11) is 0. The van der Waals surface area contributed by atoms with E-state index in [-0.39, 0.29) is 19.0 Å². The van der Waals surface area contributed by atoms with E-state index in [1.807, 2.05) is 0 Å². The molecule has 1 rings (SSSR count). The van der Waals surface area contributed by atoms with Crippen molar-refractivity contribution in [3.63, 3.8) is 0 Å². The van der Waals surface area contributed by atoms with Crippen LogP contribution < -0.4 is 0 Å². The van der Waals surface area contributed by atoms with Crippen molar-refractivity contribution in [2.45, 2.75) is 43.3 Å². The number of aliphatic hydroxyl groups is 1. The van der Waals surface area contributed by atoms with Crippen molar-refractivity contribution in [1.82, 2.24) is 4.90 Å². The normalized spacial score (nSPS) is 22.4. The maximum absolute atomic E-state index is 12.5. The molecule has 0 saturated carbocycles. The van der Waals surface area contributed by atoms with Crippen LogP contribution in [0.25, 0.3) is 0 Å². The molecule has 1 aliphatic heterocycles. The van der Waals surface area contributed by atoms with Crippen molar-refractivity contribution in [2.24, 2.45) is 0 Å². The van der Waals surface area contributed by atoms with E-state index in [1.54, 1.807) is 6.92 Å². The molecular weight excluding hydrogens is 259 g/mol. The number of rotatable bonds is 2. The van der Waals surface area contributed by atoms with Crippen LogP contribution in [0.15, 0.2) is 0 Å². The summed E-state index contributed by atoms with van der Waals surface area (Å²) in [6.45, 7) is 1.50. The van der Waals surface area contributed by atoms with Crippen molar-refractivity contribution in [3.05, 3.63) is 0 Å². The second kappa shape index (κ2) is 5.02. The molecular formula is C10H15ClF3NO2. The molecule has 0 bridgehead atoms. The summed E-state index contributed by atoms with van der Waals surface area (Å²) in [5.41, 5.74) is -2.67. The SMILES string of the molecule is CC[C@@H](Cl)C(=O)N1CCC(O)(C(F)(F)F)CC1. The second-order valence-electron chi connectivity index (χ2n) is 4.23. The molecule has 1 N–H and O–H groups in total. The molecule has 0 radical (unpaired) electrons. The van der Waals surface area contributed by atoms with Gasteiger partial charge in [-0.3, -0.25) is 4.79 Å². The average Bonchev–Trinajstić information content (AvgIpc) is 2.26. The van der Waals surface area contributed by atoms with Gasteiger partial charge in [0, 0.05) is 25.9 Å². The van der Waals surface area contributed by atoms with Crippen LogP contribution >= 0.6 is 11.6 Å². The Balaban J connectivity index is 2.60. The number of hydrogen-bond donors (Lipinski definition) is 1. The minimum atomic E-state index is -4.65. The maximum Gasteiger partial charge on any atom is 0.417 e. The highest BCUT2D eigenvalue weighted by Crippen LogP contribution is 2.38. The van der Waals surface area contributed by atoms with Crippen LogP contribution in [0.4, 0.5) is 13.2 Å². The highest BCUT2D eigenvalue weighted by molar-refractivity contribution is 6.30. The fraction of sp³-hybridized carbons (Fsp3) is 0.900. The van der Waals surface area contributed by atoms with E-state index in [1.165, 1.54) is 4.90 Å². The molecule has 17 heavy (non-hydrogen) atoms. The molecule has 1 amide bonds. The standard InChI is InChI=1S/C10H15ClF3NO2/c1-2-7(11)8(16)15-5-3-9(17,4-6-15)10(12,13)14/h7,17H,2-6H2,1H3/t7-/m1/s1. The molecule has 1 atom stereocenters. The zero-order valence-corrected chi connectivity index (χ0v) is 10.2. The molecule has 0 aromatic rings. The van der Waals surface area contributed by atoms with Crippen LogP contribution in [0.2, 0.25) is 0 Å². The molecule has 100 valence electrons. The molecule has 1 heterocycles. The Morgan fingerprint density at radius 3 is 2.29 bits per heavy atom. The van der Waals surface area contributed by atoms with E-state index in [4.69, 9.17) is 11.6 Å². The first-order valence-corrected chi connectivity index (χ1v) is 5.87. The number of halogens is 4. The van der Waals surface area contributed by atoms with Crippen LogP contribution in [0.5, 0.6) is 0 Å². The van der Waals surface area contributed by atoms with Gasteiger partial charge in [0.1, 0.15) is 5.38 Å². The molecule has 0 spiro atoms. The average molecular weight is 274 g/mol. The summed E-state index contributed by atoms with van der Waals surface area (Å²) in [5, 5.41) is 8.71. The topological polar surface area (TPSA) is 40.5 Å². The number of likely N-dealkylation sites (tertiary alicyclic amines) is 1. The zero-order chi connectivity index (χ0) is 13.3. The van der Waals surface area contributed by atoms with Gasteiger partial charge in [0.2, 0.25) is 5.91 Å². The molecule has 1 saturated heterocycles. The maximum atomic E-state index is 12.5. The fourth-order valence-corrected chi connectivity index (χ4v) is 1.89. The molecule has 1 fully saturated rings. The number of carbonyl (C=O) groups excluding carboxylic acids is 1. The van der Waals surface area contributed by atoms with Crippen LogP contribution in [-0.2, 0) is 4.79 Å². The minimum absolute atomic E-state index is 0.113. The van der Waals surface area contributed by atoms with Gasteiger partial charge in [-0.2, -0.15) is 13.2 Å². The van der Waals surface area contributed by atoms with Gasteiger partial charge < -0.3 is 10.0 Å². The van der Waals surface area contributed by atoms with Gasteiger partial charge in [0.25, 0.3) is 0 Å². The predicted molar refractivity (Wildman–Crippen MR) is 56.8 cm³/mol. The smallest absolute Gasteiger partial charge is 0.380 e. The van der Waals surface area contributed by atoms with E-state index in [0.29, 0.717) is 6.42 Å². The summed E-state index contributed by atoms with van der Waals surface area (Å²) in [5.74, 6) is -0.363. The molecule has 7 heteroatoms. The van der Waals surface area contributed by atoms with Crippen molar-refractivity contribution >= 4 is 17.5 Å². The lowest BCUT2D eigenvalue weighted by molar-refractivity contribution is -0.272. The Kier molecular flexibility index (Phi) is 4.30. The second-order valence-corrected chi connectivity index (χ2v) is 4.76. The molecule has 0 aromatic heterocycles. The number of amides is 1. The Hall–Kier alpha value is -0.490. The summed E-state index contributed by atoms with van der Waals surface area (Å²) in [6, 6.07) is 0. The van der Waals surface area contributed by atoms with Crippen molar-refractivity contribution in [1.29, 1.82) is 0 Å². The number of alkyl halides is 4. The van der Waals surface area contributed by atoms with Gasteiger partial charge in [-0.25, -0.2) is 0 Å². The van der Waals surface area contributed by atoms with E-state index in [0.717, 1.165) is 0 Å². The summed E-state index contributed by atoms with van der Waals surface area (Å²) >= 11 is 5.73. The Morgan fingerprint density at radius 2 is 1.94 bits per heavy atom. The van der Waals surface area contributed by atoms with E-state index in [9.17, 15) is 23.1 Å².